The van der Waals surface area contributed by atoms with E-state index in [1.54, 1.807) is 0 Å². The van der Waals surface area contributed by atoms with Gasteiger partial charge in [0.15, 0.2) is 0 Å². The van der Waals surface area contributed by atoms with Crippen LogP contribution in [0.1, 0.15) is 33.6 Å². The summed E-state index contributed by atoms with van der Waals surface area (Å²) in [6.45, 7) is 6.55. The first-order valence-corrected chi connectivity index (χ1v) is 4.62. The standard InChI is InChI=1S/C9H20N2O/c1-4-8(3)11-9(12)7(2)5-6-10/h7-8H,4-6,10H2,1-3H3,(H,11,12). The van der Waals surface area contributed by atoms with Crippen molar-refractivity contribution in [2.24, 2.45) is 11.7 Å². The maximum Gasteiger partial charge on any atom is 0.223 e. The number of hydrogen-bond acceptors (Lipinski definition) is 2. The summed E-state index contributed by atoms with van der Waals surface area (Å²) in [5, 5.41) is 2.92. The molecule has 0 aromatic rings. The van der Waals surface area contributed by atoms with Crippen molar-refractivity contribution in [2.45, 2.75) is 39.7 Å². The van der Waals surface area contributed by atoms with Crippen LogP contribution in [-0.4, -0.2) is 18.5 Å². The van der Waals surface area contributed by atoms with Crippen molar-refractivity contribution in [1.82, 2.24) is 5.32 Å². The van der Waals surface area contributed by atoms with Gasteiger partial charge in [-0.3, -0.25) is 4.79 Å². The molecular weight excluding hydrogens is 152 g/mol. The lowest BCUT2D eigenvalue weighted by Gasteiger charge is -2.15. The molecule has 12 heavy (non-hydrogen) atoms. The fourth-order valence-electron chi connectivity index (χ4n) is 0.868. The highest BCUT2D eigenvalue weighted by molar-refractivity contribution is 5.78. The molecule has 1 amide bonds. The smallest absolute Gasteiger partial charge is 0.223 e. The first-order chi connectivity index (χ1) is 5.61. The second-order valence-electron chi connectivity index (χ2n) is 3.30. The minimum atomic E-state index is 0.0454. The molecule has 3 N–H and O–H groups in total. The molecule has 0 rings (SSSR count). The Morgan fingerprint density at radius 2 is 2.08 bits per heavy atom. The Balaban J connectivity index is 3.70. The van der Waals surface area contributed by atoms with Crippen molar-refractivity contribution in [1.29, 1.82) is 0 Å². The van der Waals surface area contributed by atoms with E-state index in [4.69, 9.17) is 5.73 Å². The number of hydrogen-bond donors (Lipinski definition) is 2. The third-order valence-corrected chi connectivity index (χ3v) is 2.05. The van der Waals surface area contributed by atoms with Gasteiger partial charge in [0.05, 0.1) is 0 Å². The van der Waals surface area contributed by atoms with Gasteiger partial charge in [-0.05, 0) is 26.3 Å². The molecule has 2 unspecified atom stereocenters. The largest absolute Gasteiger partial charge is 0.353 e. The number of nitrogens with one attached hydrogen (secondary N) is 1. The second-order valence-corrected chi connectivity index (χ2v) is 3.30. The van der Waals surface area contributed by atoms with Gasteiger partial charge < -0.3 is 11.1 Å². The predicted molar refractivity (Wildman–Crippen MR) is 50.7 cm³/mol. The minimum absolute atomic E-state index is 0.0454. The summed E-state index contributed by atoms with van der Waals surface area (Å²) in [5.41, 5.74) is 5.35. The second kappa shape index (κ2) is 6.00. The first-order valence-electron chi connectivity index (χ1n) is 4.62. The van der Waals surface area contributed by atoms with E-state index in [1.165, 1.54) is 0 Å². The van der Waals surface area contributed by atoms with E-state index in [2.05, 4.69) is 12.2 Å². The van der Waals surface area contributed by atoms with E-state index in [-0.39, 0.29) is 17.9 Å². The molecule has 0 saturated carbocycles. The summed E-state index contributed by atoms with van der Waals surface area (Å²) in [7, 11) is 0. The van der Waals surface area contributed by atoms with Crippen LogP contribution in [0.5, 0.6) is 0 Å². The van der Waals surface area contributed by atoms with Gasteiger partial charge in [-0.1, -0.05) is 13.8 Å². The highest BCUT2D eigenvalue weighted by Gasteiger charge is 2.12. The number of carbonyl (C=O) groups excluding carboxylic acids is 1. The molecule has 0 aromatic heterocycles. The van der Waals surface area contributed by atoms with E-state index < -0.39 is 0 Å². The van der Waals surface area contributed by atoms with Crippen molar-refractivity contribution in [3.63, 3.8) is 0 Å². The van der Waals surface area contributed by atoms with Crippen LogP contribution in [0.2, 0.25) is 0 Å². The van der Waals surface area contributed by atoms with Crippen LogP contribution in [0.3, 0.4) is 0 Å². The average molecular weight is 172 g/mol. The normalized spacial score (nSPS) is 15.3. The maximum atomic E-state index is 11.3. The highest BCUT2D eigenvalue weighted by atomic mass is 16.1. The van der Waals surface area contributed by atoms with Crippen LogP contribution in [0.4, 0.5) is 0 Å². The SMILES string of the molecule is CCC(C)NC(=O)C(C)CCN. The average Bonchev–Trinajstić information content (AvgIpc) is 2.04. The number of amides is 1. The molecule has 0 heterocycles. The Labute approximate surface area is 74.7 Å². The minimum Gasteiger partial charge on any atom is -0.353 e. The van der Waals surface area contributed by atoms with Gasteiger partial charge in [-0.15, -0.1) is 0 Å². The third-order valence-electron chi connectivity index (χ3n) is 2.05. The predicted octanol–water partition coefficient (Wildman–Crippen LogP) is 0.886. The fourth-order valence-corrected chi connectivity index (χ4v) is 0.868. The van der Waals surface area contributed by atoms with Gasteiger partial charge in [0, 0.05) is 12.0 Å². The van der Waals surface area contributed by atoms with Crippen LogP contribution in [-0.2, 0) is 4.79 Å². The van der Waals surface area contributed by atoms with Crippen molar-refractivity contribution < 1.29 is 4.79 Å². The van der Waals surface area contributed by atoms with Crippen molar-refractivity contribution in [3.8, 4) is 0 Å². The van der Waals surface area contributed by atoms with Crippen LogP contribution >= 0.6 is 0 Å². The molecule has 3 nitrogen and oxygen atoms in total. The number of nitrogens with two attached hydrogens (primary N) is 1. The maximum absolute atomic E-state index is 11.3. The fraction of sp³-hybridized carbons (Fsp3) is 0.889. The summed E-state index contributed by atoms with van der Waals surface area (Å²) in [5.74, 6) is 0.166. The molecule has 0 aromatic carbocycles. The lowest BCUT2D eigenvalue weighted by molar-refractivity contribution is -0.125. The molecule has 0 spiro atoms. The van der Waals surface area contributed by atoms with E-state index in [0.29, 0.717) is 6.54 Å². The number of carbonyl (C=O) groups is 1. The van der Waals surface area contributed by atoms with Crippen molar-refractivity contribution in [2.75, 3.05) is 6.54 Å². The highest BCUT2D eigenvalue weighted by Crippen LogP contribution is 2.01. The van der Waals surface area contributed by atoms with Crippen LogP contribution in [0.15, 0.2) is 0 Å². The van der Waals surface area contributed by atoms with Gasteiger partial charge >= 0.3 is 0 Å². The van der Waals surface area contributed by atoms with E-state index >= 15 is 0 Å². The zero-order valence-electron chi connectivity index (χ0n) is 8.26. The summed E-state index contributed by atoms with van der Waals surface area (Å²) in [4.78, 5) is 11.3. The van der Waals surface area contributed by atoms with E-state index in [0.717, 1.165) is 12.8 Å². The summed E-state index contributed by atoms with van der Waals surface area (Å²) < 4.78 is 0. The van der Waals surface area contributed by atoms with Crippen molar-refractivity contribution in [3.05, 3.63) is 0 Å². The molecule has 2 atom stereocenters. The Bertz CT molecular complexity index is 136. The van der Waals surface area contributed by atoms with Crippen LogP contribution in [0, 0.1) is 5.92 Å². The molecule has 0 fully saturated rings. The molecule has 0 aliphatic heterocycles. The Morgan fingerprint density at radius 3 is 2.50 bits per heavy atom. The van der Waals surface area contributed by atoms with Gasteiger partial charge in [0.2, 0.25) is 5.91 Å². The Morgan fingerprint density at radius 1 is 1.50 bits per heavy atom. The Hall–Kier alpha value is -0.570. The summed E-state index contributed by atoms with van der Waals surface area (Å²) in [6, 6.07) is 0.276. The molecular formula is C9H20N2O. The Kier molecular flexibility index (Phi) is 5.72. The van der Waals surface area contributed by atoms with Gasteiger partial charge in [-0.2, -0.15) is 0 Å². The molecule has 0 aliphatic carbocycles. The van der Waals surface area contributed by atoms with Crippen LogP contribution in [0.25, 0.3) is 0 Å². The van der Waals surface area contributed by atoms with Crippen LogP contribution < -0.4 is 11.1 Å². The molecule has 0 bridgehead atoms. The molecule has 0 aliphatic rings. The quantitative estimate of drug-likeness (QED) is 0.647. The summed E-state index contributed by atoms with van der Waals surface area (Å²) in [6.07, 6.45) is 1.74. The van der Waals surface area contributed by atoms with Gasteiger partial charge in [-0.25, -0.2) is 0 Å². The van der Waals surface area contributed by atoms with E-state index in [9.17, 15) is 4.79 Å². The molecule has 3 heteroatoms. The molecule has 72 valence electrons. The van der Waals surface area contributed by atoms with Gasteiger partial charge in [0.25, 0.3) is 0 Å². The van der Waals surface area contributed by atoms with Gasteiger partial charge in [0.1, 0.15) is 0 Å². The van der Waals surface area contributed by atoms with Crippen molar-refractivity contribution >= 4 is 5.91 Å². The molecule has 0 radical (unpaired) electrons. The topological polar surface area (TPSA) is 55.1 Å². The van der Waals surface area contributed by atoms with E-state index in [1.807, 2.05) is 13.8 Å². The lowest BCUT2D eigenvalue weighted by atomic mass is 10.1. The first kappa shape index (κ1) is 11.4. The third kappa shape index (κ3) is 4.34. The number of rotatable bonds is 5. The molecule has 0 saturated heterocycles. The zero-order valence-corrected chi connectivity index (χ0v) is 8.26. The zero-order chi connectivity index (χ0) is 9.56. The lowest BCUT2D eigenvalue weighted by Crippen LogP contribution is -2.36. The summed E-state index contributed by atoms with van der Waals surface area (Å²) >= 11 is 0. The monoisotopic (exact) mass is 172 g/mol.